The van der Waals surface area contributed by atoms with E-state index in [1.807, 2.05) is 30.3 Å². The molecule has 3 aromatic rings. The third-order valence-electron chi connectivity index (χ3n) is 4.97. The number of carbonyl (C=O) groups excluding carboxylic acids is 1. The zero-order valence-corrected chi connectivity index (χ0v) is 17.7. The van der Waals surface area contributed by atoms with Crippen molar-refractivity contribution in [1.82, 2.24) is 15.5 Å². The molecule has 29 heavy (non-hydrogen) atoms. The molecule has 0 aliphatic heterocycles. The maximum Gasteiger partial charge on any atom is 0.261 e. The molecule has 7 heteroatoms. The number of nitrogens with zero attached hydrogens (tertiary/aromatic N) is 2. The molecule has 0 fully saturated rings. The second-order valence-electron chi connectivity index (χ2n) is 7.14. The quantitative estimate of drug-likeness (QED) is 0.593. The number of hydrogen-bond acceptors (Lipinski definition) is 5. The summed E-state index contributed by atoms with van der Waals surface area (Å²) in [5.74, 6) is 1.32. The minimum atomic E-state index is -0.621. The SMILES string of the molecule is C[C@H](Oc1ccc2c(c1)CCCC2)C(=O)NCc1nc(-c2cccc(Br)c2)no1. The fourth-order valence-corrected chi connectivity index (χ4v) is 3.82. The zero-order chi connectivity index (χ0) is 20.2. The summed E-state index contributed by atoms with van der Waals surface area (Å²) in [6.07, 6.45) is 4.02. The highest BCUT2D eigenvalue weighted by Crippen LogP contribution is 2.26. The topological polar surface area (TPSA) is 77.2 Å². The Bertz CT molecular complexity index is 1020. The van der Waals surface area contributed by atoms with Gasteiger partial charge in [-0.3, -0.25) is 4.79 Å². The van der Waals surface area contributed by atoms with Crippen molar-refractivity contribution >= 4 is 21.8 Å². The van der Waals surface area contributed by atoms with E-state index in [0.29, 0.717) is 11.7 Å². The van der Waals surface area contributed by atoms with Gasteiger partial charge in [0.25, 0.3) is 5.91 Å². The number of fused-ring (bicyclic) bond motifs is 1. The molecular formula is C22H22BrN3O3. The summed E-state index contributed by atoms with van der Waals surface area (Å²) in [6, 6.07) is 13.7. The Morgan fingerprint density at radius 1 is 1.21 bits per heavy atom. The number of ether oxygens (including phenoxy) is 1. The first-order valence-electron chi connectivity index (χ1n) is 9.73. The Hall–Kier alpha value is -2.67. The Morgan fingerprint density at radius 3 is 2.86 bits per heavy atom. The fourth-order valence-electron chi connectivity index (χ4n) is 3.42. The molecule has 0 saturated heterocycles. The van der Waals surface area contributed by atoms with Crippen LogP contribution in [0.3, 0.4) is 0 Å². The highest BCUT2D eigenvalue weighted by molar-refractivity contribution is 9.10. The van der Waals surface area contributed by atoms with E-state index in [4.69, 9.17) is 9.26 Å². The van der Waals surface area contributed by atoms with Crippen molar-refractivity contribution in [2.24, 2.45) is 0 Å². The Kier molecular flexibility index (Phi) is 5.94. The van der Waals surface area contributed by atoms with Crippen molar-refractivity contribution in [3.63, 3.8) is 0 Å². The van der Waals surface area contributed by atoms with Crippen LogP contribution in [0.5, 0.6) is 5.75 Å². The summed E-state index contributed by atoms with van der Waals surface area (Å²) < 4.78 is 12.0. The molecule has 1 N–H and O–H groups in total. The number of benzene rings is 2. The number of hydrogen-bond donors (Lipinski definition) is 1. The molecule has 1 aliphatic rings. The molecule has 150 valence electrons. The average molecular weight is 456 g/mol. The molecule has 0 saturated carbocycles. The van der Waals surface area contributed by atoms with Crippen molar-refractivity contribution in [3.05, 3.63) is 64.0 Å². The van der Waals surface area contributed by atoms with Gasteiger partial charge in [-0.2, -0.15) is 4.98 Å². The van der Waals surface area contributed by atoms with Gasteiger partial charge in [-0.15, -0.1) is 0 Å². The van der Waals surface area contributed by atoms with Gasteiger partial charge in [-0.1, -0.05) is 39.3 Å². The van der Waals surface area contributed by atoms with Gasteiger partial charge in [0.05, 0.1) is 6.54 Å². The van der Waals surface area contributed by atoms with E-state index in [1.165, 1.54) is 24.0 Å². The smallest absolute Gasteiger partial charge is 0.261 e. The zero-order valence-electron chi connectivity index (χ0n) is 16.2. The van der Waals surface area contributed by atoms with E-state index in [9.17, 15) is 4.79 Å². The number of halogens is 1. The van der Waals surface area contributed by atoms with Crippen LogP contribution in [0.1, 0.15) is 36.8 Å². The van der Waals surface area contributed by atoms with Gasteiger partial charge in [-0.05, 0) is 68.0 Å². The molecule has 1 amide bonds. The summed E-state index contributed by atoms with van der Waals surface area (Å²) >= 11 is 3.42. The van der Waals surface area contributed by atoms with E-state index >= 15 is 0 Å². The number of rotatable bonds is 6. The molecule has 6 nitrogen and oxygen atoms in total. The molecule has 1 aliphatic carbocycles. The molecule has 1 atom stereocenters. The summed E-state index contributed by atoms with van der Waals surface area (Å²) in [6.45, 7) is 1.88. The first-order chi connectivity index (χ1) is 14.1. The van der Waals surface area contributed by atoms with Crippen LogP contribution < -0.4 is 10.1 Å². The maximum absolute atomic E-state index is 12.4. The van der Waals surface area contributed by atoms with Crippen molar-refractivity contribution < 1.29 is 14.1 Å². The standard InChI is InChI=1S/C22H22BrN3O3/c1-14(28-19-10-9-15-5-2-3-6-16(15)12-19)22(27)24-13-20-25-21(26-29-20)17-7-4-8-18(23)11-17/h4,7-12,14H,2-3,5-6,13H2,1H3,(H,24,27)/t14-/m0/s1. The van der Waals surface area contributed by atoms with Gasteiger partial charge >= 0.3 is 0 Å². The molecule has 4 rings (SSSR count). The van der Waals surface area contributed by atoms with E-state index < -0.39 is 6.10 Å². The monoisotopic (exact) mass is 455 g/mol. The molecule has 0 radical (unpaired) electrons. The van der Waals surface area contributed by atoms with E-state index in [-0.39, 0.29) is 12.5 Å². The van der Waals surface area contributed by atoms with Crippen molar-refractivity contribution in [3.8, 4) is 17.1 Å². The second kappa shape index (κ2) is 8.78. The van der Waals surface area contributed by atoms with Gasteiger partial charge in [0, 0.05) is 10.0 Å². The van der Waals surface area contributed by atoms with Gasteiger partial charge < -0.3 is 14.6 Å². The van der Waals surface area contributed by atoms with E-state index in [1.54, 1.807) is 6.92 Å². The lowest BCUT2D eigenvalue weighted by Crippen LogP contribution is -2.36. The highest BCUT2D eigenvalue weighted by atomic mass is 79.9. The number of amides is 1. The van der Waals surface area contributed by atoms with Crippen LogP contribution in [-0.4, -0.2) is 22.2 Å². The number of aryl methyl sites for hydroxylation is 2. The molecule has 0 spiro atoms. The van der Waals surface area contributed by atoms with Crippen LogP contribution in [-0.2, 0) is 24.2 Å². The summed E-state index contributed by atoms with van der Waals surface area (Å²) in [7, 11) is 0. The number of aromatic nitrogens is 2. The van der Waals surface area contributed by atoms with E-state index in [0.717, 1.165) is 28.6 Å². The van der Waals surface area contributed by atoms with E-state index in [2.05, 4.69) is 43.5 Å². The minimum absolute atomic E-state index is 0.151. The summed E-state index contributed by atoms with van der Waals surface area (Å²) in [4.78, 5) is 16.7. The third-order valence-corrected chi connectivity index (χ3v) is 5.46. The van der Waals surface area contributed by atoms with Gasteiger partial charge in [-0.25, -0.2) is 0 Å². The normalized spacial score (nSPS) is 14.1. The molecule has 2 aromatic carbocycles. The van der Waals surface area contributed by atoms with Crippen molar-refractivity contribution in [2.45, 2.75) is 45.3 Å². The van der Waals surface area contributed by atoms with Crippen LogP contribution in [0.4, 0.5) is 0 Å². The fraction of sp³-hybridized carbons (Fsp3) is 0.318. The predicted molar refractivity (Wildman–Crippen MR) is 112 cm³/mol. The first-order valence-corrected chi connectivity index (χ1v) is 10.5. The Balaban J connectivity index is 1.32. The third kappa shape index (κ3) is 4.85. The summed E-state index contributed by atoms with van der Waals surface area (Å²) in [5, 5.41) is 6.76. The Labute approximate surface area is 177 Å². The second-order valence-corrected chi connectivity index (χ2v) is 8.05. The number of carbonyl (C=O) groups is 1. The van der Waals surface area contributed by atoms with Crippen LogP contribution in [0, 0.1) is 0 Å². The minimum Gasteiger partial charge on any atom is -0.481 e. The van der Waals surface area contributed by atoms with Crippen LogP contribution in [0.2, 0.25) is 0 Å². The molecule has 1 heterocycles. The average Bonchev–Trinajstić information content (AvgIpc) is 3.21. The van der Waals surface area contributed by atoms with Crippen molar-refractivity contribution in [1.29, 1.82) is 0 Å². The van der Waals surface area contributed by atoms with Gasteiger partial charge in [0.15, 0.2) is 6.10 Å². The van der Waals surface area contributed by atoms with Gasteiger partial charge in [0.1, 0.15) is 5.75 Å². The lowest BCUT2D eigenvalue weighted by atomic mass is 9.92. The lowest BCUT2D eigenvalue weighted by molar-refractivity contribution is -0.127. The first kappa shape index (κ1) is 19.6. The lowest BCUT2D eigenvalue weighted by Gasteiger charge is -2.19. The predicted octanol–water partition coefficient (Wildman–Crippen LogP) is 4.46. The molecular weight excluding hydrogens is 434 g/mol. The number of nitrogens with one attached hydrogen (secondary N) is 1. The van der Waals surface area contributed by atoms with Crippen molar-refractivity contribution in [2.75, 3.05) is 0 Å². The van der Waals surface area contributed by atoms with Crippen LogP contribution >= 0.6 is 15.9 Å². The molecule has 0 bridgehead atoms. The largest absolute Gasteiger partial charge is 0.481 e. The molecule has 0 unspecified atom stereocenters. The Morgan fingerprint density at radius 2 is 2.03 bits per heavy atom. The van der Waals surface area contributed by atoms with Gasteiger partial charge in [0.2, 0.25) is 11.7 Å². The van der Waals surface area contributed by atoms with Crippen LogP contribution in [0.15, 0.2) is 51.5 Å². The molecule has 1 aromatic heterocycles. The maximum atomic E-state index is 12.4. The van der Waals surface area contributed by atoms with Crippen LogP contribution in [0.25, 0.3) is 11.4 Å². The highest BCUT2D eigenvalue weighted by Gasteiger charge is 2.18. The summed E-state index contributed by atoms with van der Waals surface area (Å²) in [5.41, 5.74) is 3.55.